The number of methoxy groups -OCH3 is 1. The lowest BCUT2D eigenvalue weighted by molar-refractivity contribution is 0.208. The SMILES string of the molecule is COCCN=C(NN)C1CCCS1. The quantitative estimate of drug-likeness (QED) is 0.228. The smallest absolute Gasteiger partial charge is 0.124 e. The molecule has 76 valence electrons. The van der Waals surface area contributed by atoms with Crippen molar-refractivity contribution in [2.24, 2.45) is 10.8 Å². The number of amidine groups is 1. The first kappa shape index (κ1) is 10.8. The number of hydrogen-bond donors (Lipinski definition) is 2. The second kappa shape index (κ2) is 6.23. The van der Waals surface area contributed by atoms with Gasteiger partial charge in [-0.05, 0) is 18.6 Å². The summed E-state index contributed by atoms with van der Waals surface area (Å²) < 4.78 is 4.92. The van der Waals surface area contributed by atoms with Crippen LogP contribution in [0.4, 0.5) is 0 Å². The molecule has 0 aromatic heterocycles. The molecule has 1 saturated heterocycles. The van der Waals surface area contributed by atoms with Gasteiger partial charge in [-0.2, -0.15) is 11.8 Å². The van der Waals surface area contributed by atoms with Gasteiger partial charge in [-0.15, -0.1) is 0 Å². The minimum atomic E-state index is 0.474. The molecule has 0 saturated carbocycles. The minimum Gasteiger partial charge on any atom is -0.383 e. The monoisotopic (exact) mass is 203 g/mol. The van der Waals surface area contributed by atoms with Gasteiger partial charge < -0.3 is 10.2 Å². The molecule has 0 aromatic carbocycles. The summed E-state index contributed by atoms with van der Waals surface area (Å²) in [5.41, 5.74) is 2.68. The Hall–Kier alpha value is -0.260. The van der Waals surface area contributed by atoms with E-state index in [4.69, 9.17) is 10.6 Å². The van der Waals surface area contributed by atoms with Gasteiger partial charge in [0.1, 0.15) is 5.84 Å². The molecule has 0 bridgehead atoms. The lowest BCUT2D eigenvalue weighted by Gasteiger charge is -2.11. The summed E-state index contributed by atoms with van der Waals surface area (Å²) in [5, 5.41) is 0.474. The Morgan fingerprint density at radius 1 is 1.77 bits per heavy atom. The fourth-order valence-corrected chi connectivity index (χ4v) is 2.54. The van der Waals surface area contributed by atoms with E-state index in [9.17, 15) is 0 Å². The van der Waals surface area contributed by atoms with Crippen molar-refractivity contribution in [1.29, 1.82) is 0 Å². The summed E-state index contributed by atoms with van der Waals surface area (Å²) in [6, 6.07) is 0. The van der Waals surface area contributed by atoms with Crippen LogP contribution in [-0.2, 0) is 4.74 Å². The van der Waals surface area contributed by atoms with Crippen LogP contribution in [0.2, 0.25) is 0 Å². The number of nitrogens with zero attached hydrogens (tertiary/aromatic N) is 1. The highest BCUT2D eigenvalue weighted by molar-refractivity contribution is 8.00. The molecular weight excluding hydrogens is 186 g/mol. The molecule has 0 radical (unpaired) electrons. The van der Waals surface area contributed by atoms with E-state index in [1.165, 1.54) is 18.6 Å². The van der Waals surface area contributed by atoms with Gasteiger partial charge in [-0.25, -0.2) is 5.84 Å². The molecule has 1 aliphatic heterocycles. The lowest BCUT2D eigenvalue weighted by atomic mass is 10.2. The highest BCUT2D eigenvalue weighted by Gasteiger charge is 2.20. The van der Waals surface area contributed by atoms with Crippen LogP contribution >= 0.6 is 11.8 Å². The van der Waals surface area contributed by atoms with Gasteiger partial charge in [-0.1, -0.05) is 0 Å². The molecule has 0 aliphatic carbocycles. The van der Waals surface area contributed by atoms with Crippen molar-refractivity contribution >= 4 is 17.6 Å². The van der Waals surface area contributed by atoms with Crippen molar-refractivity contribution in [3.63, 3.8) is 0 Å². The van der Waals surface area contributed by atoms with Gasteiger partial charge >= 0.3 is 0 Å². The summed E-state index contributed by atoms with van der Waals surface area (Å²) in [6.45, 7) is 1.34. The summed E-state index contributed by atoms with van der Waals surface area (Å²) in [7, 11) is 1.68. The maximum atomic E-state index is 5.40. The first-order valence-electron chi connectivity index (χ1n) is 4.50. The van der Waals surface area contributed by atoms with Crippen molar-refractivity contribution in [1.82, 2.24) is 5.43 Å². The third kappa shape index (κ3) is 3.54. The van der Waals surface area contributed by atoms with Crippen LogP contribution in [-0.4, -0.2) is 37.1 Å². The summed E-state index contributed by atoms with van der Waals surface area (Å²) in [6.07, 6.45) is 2.45. The van der Waals surface area contributed by atoms with Crippen molar-refractivity contribution in [3.05, 3.63) is 0 Å². The average molecular weight is 203 g/mol. The number of nitrogens with one attached hydrogen (secondary N) is 1. The summed E-state index contributed by atoms with van der Waals surface area (Å²) in [4.78, 5) is 4.35. The Bertz CT molecular complexity index is 169. The number of ether oxygens (including phenoxy) is 1. The fourth-order valence-electron chi connectivity index (χ4n) is 1.29. The van der Waals surface area contributed by atoms with Gasteiger partial charge in [0, 0.05) is 7.11 Å². The number of aliphatic imine (C=N–C) groups is 1. The van der Waals surface area contributed by atoms with Crippen molar-refractivity contribution in [2.75, 3.05) is 26.0 Å². The zero-order valence-corrected chi connectivity index (χ0v) is 8.77. The predicted molar refractivity (Wildman–Crippen MR) is 57.0 cm³/mol. The lowest BCUT2D eigenvalue weighted by Crippen LogP contribution is -2.37. The third-order valence-corrected chi connectivity index (χ3v) is 3.35. The van der Waals surface area contributed by atoms with E-state index in [1.54, 1.807) is 7.11 Å². The van der Waals surface area contributed by atoms with E-state index in [1.807, 2.05) is 11.8 Å². The first-order chi connectivity index (χ1) is 6.38. The van der Waals surface area contributed by atoms with Crippen LogP contribution in [0.5, 0.6) is 0 Å². The fraction of sp³-hybridized carbons (Fsp3) is 0.875. The van der Waals surface area contributed by atoms with Gasteiger partial charge in [-0.3, -0.25) is 4.99 Å². The third-order valence-electron chi connectivity index (χ3n) is 1.96. The second-order valence-electron chi connectivity index (χ2n) is 2.91. The Morgan fingerprint density at radius 3 is 3.15 bits per heavy atom. The molecule has 5 heteroatoms. The largest absolute Gasteiger partial charge is 0.383 e. The Kier molecular flexibility index (Phi) is 5.19. The molecule has 1 heterocycles. The molecule has 0 aromatic rings. The Morgan fingerprint density at radius 2 is 2.62 bits per heavy atom. The van der Waals surface area contributed by atoms with Crippen molar-refractivity contribution < 1.29 is 4.74 Å². The topological polar surface area (TPSA) is 59.6 Å². The highest BCUT2D eigenvalue weighted by atomic mass is 32.2. The number of thioether (sulfide) groups is 1. The molecular formula is C8H17N3OS. The maximum absolute atomic E-state index is 5.40. The van der Waals surface area contributed by atoms with Gasteiger partial charge in [0.25, 0.3) is 0 Å². The maximum Gasteiger partial charge on any atom is 0.124 e. The van der Waals surface area contributed by atoms with E-state index >= 15 is 0 Å². The highest BCUT2D eigenvalue weighted by Crippen LogP contribution is 2.26. The van der Waals surface area contributed by atoms with Crippen molar-refractivity contribution in [2.45, 2.75) is 18.1 Å². The summed E-state index contributed by atoms with van der Waals surface area (Å²) >= 11 is 1.92. The second-order valence-corrected chi connectivity index (χ2v) is 4.22. The van der Waals surface area contributed by atoms with Crippen LogP contribution in [0.25, 0.3) is 0 Å². The number of nitrogens with two attached hydrogens (primary N) is 1. The van der Waals surface area contributed by atoms with Gasteiger partial charge in [0.15, 0.2) is 0 Å². The number of hydrogen-bond acceptors (Lipinski definition) is 4. The molecule has 1 fully saturated rings. The van der Waals surface area contributed by atoms with Gasteiger partial charge in [0.05, 0.1) is 18.4 Å². The van der Waals surface area contributed by atoms with Crippen LogP contribution in [0.1, 0.15) is 12.8 Å². The summed E-state index contributed by atoms with van der Waals surface area (Å²) in [5.74, 6) is 7.53. The van der Waals surface area contributed by atoms with Crippen LogP contribution in [0, 0.1) is 0 Å². The Labute approximate surface area is 83.3 Å². The van der Waals surface area contributed by atoms with Crippen LogP contribution in [0.15, 0.2) is 4.99 Å². The standard InChI is InChI=1S/C8H17N3OS/c1-12-5-4-10-8(11-9)7-3-2-6-13-7/h7H,2-6,9H2,1H3,(H,10,11). The van der Waals surface area contributed by atoms with E-state index in [-0.39, 0.29) is 0 Å². The molecule has 0 amide bonds. The predicted octanol–water partition coefficient (Wildman–Crippen LogP) is 0.390. The molecule has 1 atom stereocenters. The molecule has 3 N–H and O–H groups in total. The number of hydrazine groups is 1. The number of rotatable bonds is 4. The molecule has 0 spiro atoms. The minimum absolute atomic E-state index is 0.474. The van der Waals surface area contributed by atoms with E-state index in [2.05, 4.69) is 10.4 Å². The van der Waals surface area contributed by atoms with Crippen molar-refractivity contribution in [3.8, 4) is 0 Å². The van der Waals surface area contributed by atoms with E-state index in [0.717, 1.165) is 5.84 Å². The van der Waals surface area contributed by atoms with Crippen LogP contribution in [0.3, 0.4) is 0 Å². The zero-order chi connectivity index (χ0) is 9.52. The molecule has 13 heavy (non-hydrogen) atoms. The molecule has 1 aliphatic rings. The average Bonchev–Trinajstić information content (AvgIpc) is 2.65. The van der Waals surface area contributed by atoms with Gasteiger partial charge in [0.2, 0.25) is 0 Å². The van der Waals surface area contributed by atoms with Crippen LogP contribution < -0.4 is 11.3 Å². The molecule has 1 unspecified atom stereocenters. The molecule has 4 nitrogen and oxygen atoms in total. The Balaban J connectivity index is 2.35. The van der Waals surface area contributed by atoms with E-state index < -0.39 is 0 Å². The van der Waals surface area contributed by atoms with E-state index in [0.29, 0.717) is 18.4 Å². The first-order valence-corrected chi connectivity index (χ1v) is 5.55. The molecule has 1 rings (SSSR count). The normalized spacial score (nSPS) is 23.5. The zero-order valence-electron chi connectivity index (χ0n) is 7.95.